The number of aromatic nitrogens is 1. The van der Waals surface area contributed by atoms with Crippen molar-refractivity contribution in [1.29, 1.82) is 0 Å². The minimum atomic E-state index is -3.28. The van der Waals surface area contributed by atoms with E-state index in [0.29, 0.717) is 0 Å². The van der Waals surface area contributed by atoms with Crippen molar-refractivity contribution in [3.05, 3.63) is 237 Å². The van der Waals surface area contributed by atoms with Crippen molar-refractivity contribution >= 4 is 75.0 Å². The van der Waals surface area contributed by atoms with Crippen LogP contribution in [0.25, 0.3) is 44.5 Å². The summed E-state index contributed by atoms with van der Waals surface area (Å²) >= 11 is 0. The molecule has 0 saturated carbocycles. The van der Waals surface area contributed by atoms with Crippen LogP contribution in [0, 0.1) is 0 Å². The Hall–Kier alpha value is -7.72. The molecule has 3 aliphatic rings. The molecule has 0 saturated heterocycles. The number of ether oxygens (including phenoxy) is 1. The van der Waals surface area contributed by atoms with Crippen LogP contribution in [0.3, 0.4) is 0 Å². The highest BCUT2D eigenvalue weighted by molar-refractivity contribution is 7.31. The average molecular weight is 828 g/mol. The number of pyridine rings is 1. The molecule has 4 heterocycles. The smallest absolute Gasteiger partial charge is 0.250 e. The molecule has 0 bridgehead atoms. The van der Waals surface area contributed by atoms with Crippen molar-refractivity contribution in [2.24, 2.45) is 0 Å². The van der Waals surface area contributed by atoms with Gasteiger partial charge in [0.2, 0.25) is 6.71 Å². The lowest BCUT2D eigenvalue weighted by molar-refractivity contribution is 0.488. The summed E-state index contributed by atoms with van der Waals surface area (Å²) < 4.78 is 7.16. The van der Waals surface area contributed by atoms with Gasteiger partial charge in [-0.2, -0.15) is 0 Å². The third kappa shape index (κ3) is 5.57. The summed E-state index contributed by atoms with van der Waals surface area (Å²) in [4.78, 5) is 4.55. The second kappa shape index (κ2) is 14.7. The molecular weight excluding hydrogens is 788 g/mol. The molecule has 10 aromatic rings. The van der Waals surface area contributed by atoms with E-state index in [2.05, 4.69) is 229 Å². The summed E-state index contributed by atoms with van der Waals surface area (Å²) in [5.74, 6) is 1.87. The number of para-hydroxylation sites is 1. The maximum absolute atomic E-state index is 7.16. The van der Waals surface area contributed by atoms with E-state index in [1.54, 1.807) is 0 Å². The summed E-state index contributed by atoms with van der Waals surface area (Å²) in [6, 6.07) is 83.9. The molecule has 0 radical (unpaired) electrons. The van der Waals surface area contributed by atoms with Crippen LogP contribution in [-0.4, -0.2) is 26.5 Å². The molecule has 3 aliphatic heterocycles. The standard InChI is InChI=1S/C59H39B2NOSi/c1-5-15-40(16-6-1)44-26-29-55-51(35-44)60(48-31-33-62-34-32-48)52-36-45(41-17-7-2-8-18-41)27-30-56(52)64(55)57-38-46(42-19-9-3-10-20-42)25-28-50(57)61-49-23-13-14-24-53(49)63-54-37-47(39-58(64)59(54)61)43-21-11-4-12-22-43/h1-39H. The number of rotatable bonds is 5. The average Bonchev–Trinajstić information content (AvgIpc) is 3.38. The van der Waals surface area contributed by atoms with Crippen LogP contribution in [-0.2, 0) is 0 Å². The zero-order valence-corrected chi connectivity index (χ0v) is 36.0. The SMILES string of the molecule is c1ccc(-c2ccc3c(c2)B(c2ccncc2)c2cc(-c4ccccc4)ccc2[Si]32c3cc(-c4ccccc4)ccc3B3c4ccccc4Oc4cc(-c5ccccc5)cc2c43)cc1. The van der Waals surface area contributed by atoms with Gasteiger partial charge in [0, 0.05) is 12.4 Å². The lowest BCUT2D eigenvalue weighted by atomic mass is 9.35. The lowest BCUT2D eigenvalue weighted by Gasteiger charge is -2.49. The van der Waals surface area contributed by atoms with Gasteiger partial charge in [0.15, 0.2) is 8.07 Å². The van der Waals surface area contributed by atoms with Crippen LogP contribution in [0.4, 0.5) is 0 Å². The highest BCUT2D eigenvalue weighted by Crippen LogP contribution is 2.33. The van der Waals surface area contributed by atoms with Gasteiger partial charge < -0.3 is 4.74 Å². The van der Waals surface area contributed by atoms with Crippen LogP contribution < -0.4 is 58.3 Å². The first kappa shape index (κ1) is 36.9. The van der Waals surface area contributed by atoms with E-state index in [0.717, 1.165) is 11.5 Å². The first-order chi connectivity index (χ1) is 31.7. The molecule has 0 aliphatic carbocycles. The Morgan fingerprint density at radius 2 is 0.797 bits per heavy atom. The summed E-state index contributed by atoms with van der Waals surface area (Å²) in [6.07, 6.45) is 3.92. The van der Waals surface area contributed by atoms with Gasteiger partial charge in [0.25, 0.3) is 6.71 Å². The predicted molar refractivity (Wildman–Crippen MR) is 272 cm³/mol. The predicted octanol–water partition coefficient (Wildman–Crippen LogP) is 6.89. The summed E-state index contributed by atoms with van der Waals surface area (Å²) in [6.45, 7) is -0.0447. The van der Waals surface area contributed by atoms with Crippen LogP contribution in [0.5, 0.6) is 11.5 Å². The largest absolute Gasteiger partial charge is 0.458 e. The second-order valence-corrected chi connectivity index (χ2v) is 21.0. The van der Waals surface area contributed by atoms with Gasteiger partial charge in [-0.1, -0.05) is 222 Å². The molecule has 64 heavy (non-hydrogen) atoms. The van der Waals surface area contributed by atoms with Crippen LogP contribution >= 0.6 is 0 Å². The summed E-state index contributed by atoms with van der Waals surface area (Å²) in [5, 5.41) is 5.68. The molecule has 2 nitrogen and oxygen atoms in total. The Morgan fingerprint density at radius 1 is 0.312 bits per heavy atom. The van der Waals surface area contributed by atoms with E-state index in [-0.39, 0.29) is 13.4 Å². The van der Waals surface area contributed by atoms with Gasteiger partial charge in [-0.05, 0) is 100 Å². The fraction of sp³-hybridized carbons (Fsp3) is 0. The van der Waals surface area contributed by atoms with Gasteiger partial charge in [0.05, 0.1) is 0 Å². The van der Waals surface area contributed by atoms with Crippen LogP contribution in [0.1, 0.15) is 0 Å². The fourth-order valence-corrected chi connectivity index (χ4v) is 17.1. The van der Waals surface area contributed by atoms with Crippen molar-refractivity contribution in [2.45, 2.75) is 0 Å². The molecule has 0 amide bonds. The van der Waals surface area contributed by atoms with E-state index in [9.17, 15) is 0 Å². The molecule has 0 unspecified atom stereocenters. The maximum Gasteiger partial charge on any atom is 0.250 e. The first-order valence-corrected chi connectivity index (χ1v) is 24.2. The summed E-state index contributed by atoms with van der Waals surface area (Å²) in [5.41, 5.74) is 17.5. The molecule has 13 rings (SSSR count). The molecular formula is C59H39B2NOSi. The molecule has 1 spiro atoms. The first-order valence-electron chi connectivity index (χ1n) is 22.2. The van der Waals surface area contributed by atoms with Crippen molar-refractivity contribution < 1.29 is 4.74 Å². The van der Waals surface area contributed by atoms with Crippen molar-refractivity contribution in [2.75, 3.05) is 0 Å². The van der Waals surface area contributed by atoms with E-state index in [1.807, 2.05) is 12.4 Å². The fourth-order valence-electron chi connectivity index (χ4n) is 11.3. The maximum atomic E-state index is 7.16. The van der Waals surface area contributed by atoms with Gasteiger partial charge in [-0.3, -0.25) is 4.98 Å². The molecule has 296 valence electrons. The molecule has 0 fully saturated rings. The number of hydrogen-bond donors (Lipinski definition) is 0. The van der Waals surface area contributed by atoms with E-state index >= 15 is 0 Å². The Bertz CT molecular complexity index is 3330. The van der Waals surface area contributed by atoms with Gasteiger partial charge in [0.1, 0.15) is 11.5 Å². The molecule has 0 N–H and O–H groups in total. The third-order valence-corrected chi connectivity index (χ3v) is 19.0. The van der Waals surface area contributed by atoms with E-state index < -0.39 is 8.07 Å². The van der Waals surface area contributed by atoms with Gasteiger partial charge in [-0.15, -0.1) is 0 Å². The topological polar surface area (TPSA) is 22.1 Å². The Labute approximate surface area is 375 Å². The summed E-state index contributed by atoms with van der Waals surface area (Å²) in [7, 11) is -3.28. The molecule has 9 aromatic carbocycles. The second-order valence-electron chi connectivity index (χ2n) is 17.3. The number of hydrogen-bond acceptors (Lipinski definition) is 2. The zero-order chi connectivity index (χ0) is 42.2. The van der Waals surface area contributed by atoms with Crippen LogP contribution in [0.15, 0.2) is 237 Å². The minimum Gasteiger partial charge on any atom is -0.458 e. The number of benzene rings is 9. The van der Waals surface area contributed by atoms with Crippen LogP contribution in [0.2, 0.25) is 0 Å². The molecule has 0 atom stereocenters. The molecule has 1 aromatic heterocycles. The highest BCUT2D eigenvalue weighted by atomic mass is 28.3. The monoisotopic (exact) mass is 827 g/mol. The Kier molecular flexibility index (Phi) is 8.47. The minimum absolute atomic E-state index is 0.00488. The van der Waals surface area contributed by atoms with Gasteiger partial charge in [-0.25, -0.2) is 0 Å². The zero-order valence-electron chi connectivity index (χ0n) is 35.0. The van der Waals surface area contributed by atoms with E-state index in [1.165, 1.54) is 98.0 Å². The van der Waals surface area contributed by atoms with E-state index in [4.69, 9.17) is 4.74 Å². The third-order valence-electron chi connectivity index (χ3n) is 14.1. The molecule has 5 heteroatoms. The van der Waals surface area contributed by atoms with Crippen molar-refractivity contribution in [1.82, 2.24) is 4.98 Å². The quantitative estimate of drug-likeness (QED) is 0.177. The Morgan fingerprint density at radius 3 is 1.38 bits per heavy atom. The number of nitrogens with zero attached hydrogens (tertiary/aromatic N) is 1. The van der Waals surface area contributed by atoms with Crippen molar-refractivity contribution in [3.63, 3.8) is 0 Å². The van der Waals surface area contributed by atoms with Crippen molar-refractivity contribution in [3.8, 4) is 56.0 Å². The number of fused-ring (bicyclic) bond motifs is 10. The van der Waals surface area contributed by atoms with Gasteiger partial charge >= 0.3 is 0 Å². The Balaban J connectivity index is 1.23. The normalized spacial score (nSPS) is 13.5. The highest BCUT2D eigenvalue weighted by Gasteiger charge is 2.57. The lowest BCUT2D eigenvalue weighted by Crippen LogP contribution is -2.93.